The summed E-state index contributed by atoms with van der Waals surface area (Å²) < 4.78 is 16.7. The maximum absolute atomic E-state index is 13.3. The molecule has 0 fully saturated rings. The number of anilines is 1. The summed E-state index contributed by atoms with van der Waals surface area (Å²) in [5, 5.41) is 2.47. The van der Waals surface area contributed by atoms with Crippen molar-refractivity contribution < 1.29 is 23.8 Å². The fourth-order valence-corrected chi connectivity index (χ4v) is 5.79. The molecule has 0 unspecified atom stereocenters. The molecule has 0 spiro atoms. The summed E-state index contributed by atoms with van der Waals surface area (Å²) in [7, 11) is 4.65. The standard InChI is InChI=1S/C30H22N2O5S/c1-35-23-15-20(16-24(36-2)26(23)37-3)25-27(19-13-12-17-8-4-5-9-18(17)14-19)38-30(31-25)32-28(33)21-10-6-7-11-22(21)29(32)34/h4-16H,1-3H3. The molecule has 1 aromatic heterocycles. The monoisotopic (exact) mass is 522 g/mol. The second kappa shape index (κ2) is 9.32. The Morgan fingerprint density at radius 2 is 1.29 bits per heavy atom. The Morgan fingerprint density at radius 3 is 1.89 bits per heavy atom. The molecule has 6 rings (SSSR count). The van der Waals surface area contributed by atoms with Crippen molar-refractivity contribution in [3.05, 3.63) is 90.0 Å². The molecule has 7 nitrogen and oxygen atoms in total. The fraction of sp³-hybridized carbons (Fsp3) is 0.100. The number of hydrogen-bond donors (Lipinski definition) is 0. The number of aromatic nitrogens is 1. The molecule has 2 amide bonds. The van der Waals surface area contributed by atoms with E-state index in [1.54, 1.807) is 45.6 Å². The summed E-state index contributed by atoms with van der Waals surface area (Å²) in [4.78, 5) is 33.4. The molecule has 0 bridgehead atoms. The predicted octanol–water partition coefficient (Wildman–Crippen LogP) is 6.46. The molecular formula is C30H22N2O5S. The molecule has 8 heteroatoms. The predicted molar refractivity (Wildman–Crippen MR) is 148 cm³/mol. The minimum atomic E-state index is -0.388. The first kappa shape index (κ1) is 23.7. The van der Waals surface area contributed by atoms with Crippen LogP contribution in [-0.2, 0) is 0 Å². The van der Waals surface area contributed by atoms with E-state index in [-0.39, 0.29) is 11.8 Å². The first-order valence-electron chi connectivity index (χ1n) is 11.8. The van der Waals surface area contributed by atoms with Crippen LogP contribution >= 0.6 is 11.3 Å². The molecule has 0 aliphatic carbocycles. The molecule has 0 saturated carbocycles. The first-order chi connectivity index (χ1) is 18.5. The van der Waals surface area contributed by atoms with Crippen LogP contribution in [0.3, 0.4) is 0 Å². The third kappa shape index (κ3) is 3.69. The molecule has 188 valence electrons. The number of rotatable bonds is 6. The molecule has 5 aromatic rings. The summed E-state index contributed by atoms with van der Waals surface area (Å²) in [6.45, 7) is 0. The molecule has 0 N–H and O–H groups in total. The Labute approximate surface area is 222 Å². The van der Waals surface area contributed by atoms with Crippen LogP contribution in [0.15, 0.2) is 78.9 Å². The maximum atomic E-state index is 13.3. The van der Waals surface area contributed by atoms with Gasteiger partial charge in [-0.15, -0.1) is 0 Å². The van der Waals surface area contributed by atoms with Crippen LogP contribution < -0.4 is 19.1 Å². The molecule has 1 aliphatic rings. The highest BCUT2D eigenvalue weighted by atomic mass is 32.1. The Hall–Kier alpha value is -4.69. The lowest BCUT2D eigenvalue weighted by molar-refractivity contribution is 0.0926. The molecule has 38 heavy (non-hydrogen) atoms. The normalized spacial score (nSPS) is 12.7. The second-order valence-corrected chi connectivity index (χ2v) is 9.62. The highest BCUT2D eigenvalue weighted by Gasteiger charge is 2.39. The Kier molecular flexibility index (Phi) is 5.81. The van der Waals surface area contributed by atoms with Crippen molar-refractivity contribution in [2.45, 2.75) is 0 Å². The van der Waals surface area contributed by atoms with Gasteiger partial charge in [0.25, 0.3) is 11.8 Å². The van der Waals surface area contributed by atoms with Crippen molar-refractivity contribution in [1.29, 1.82) is 0 Å². The summed E-state index contributed by atoms with van der Waals surface area (Å²) in [5.74, 6) is 0.631. The third-order valence-electron chi connectivity index (χ3n) is 6.55. The van der Waals surface area contributed by atoms with E-state index in [1.807, 2.05) is 42.5 Å². The number of carbonyl (C=O) groups excluding carboxylic acids is 2. The summed E-state index contributed by atoms with van der Waals surface area (Å²) in [6, 6.07) is 24.7. The van der Waals surface area contributed by atoms with Gasteiger partial charge in [-0.05, 0) is 46.7 Å². The topological polar surface area (TPSA) is 78.0 Å². The highest BCUT2D eigenvalue weighted by molar-refractivity contribution is 7.20. The maximum Gasteiger partial charge on any atom is 0.268 e. The molecule has 0 radical (unpaired) electrons. The third-order valence-corrected chi connectivity index (χ3v) is 7.64. The van der Waals surface area contributed by atoms with Crippen LogP contribution in [0.25, 0.3) is 32.5 Å². The Balaban J connectivity index is 1.57. The van der Waals surface area contributed by atoms with E-state index >= 15 is 0 Å². The van der Waals surface area contributed by atoms with E-state index in [2.05, 4.69) is 12.1 Å². The van der Waals surface area contributed by atoms with Crippen molar-refractivity contribution in [2.75, 3.05) is 26.2 Å². The zero-order valence-electron chi connectivity index (χ0n) is 20.8. The van der Waals surface area contributed by atoms with Crippen LogP contribution in [0.1, 0.15) is 20.7 Å². The SMILES string of the molecule is COc1cc(-c2nc(N3C(=O)c4ccccc4C3=O)sc2-c2ccc3ccccc3c2)cc(OC)c1OC. The van der Waals surface area contributed by atoms with E-state index in [9.17, 15) is 9.59 Å². The van der Waals surface area contributed by atoms with Crippen LogP contribution in [0.2, 0.25) is 0 Å². The lowest BCUT2D eigenvalue weighted by atomic mass is 10.0. The van der Waals surface area contributed by atoms with Crippen LogP contribution in [0, 0.1) is 0 Å². The van der Waals surface area contributed by atoms with Gasteiger partial charge in [0.15, 0.2) is 11.5 Å². The average molecular weight is 523 g/mol. The van der Waals surface area contributed by atoms with E-state index in [0.717, 1.165) is 26.1 Å². The number of imide groups is 1. The summed E-state index contributed by atoms with van der Waals surface area (Å²) >= 11 is 1.29. The van der Waals surface area contributed by atoms with E-state index in [4.69, 9.17) is 19.2 Å². The molecule has 0 atom stereocenters. The Morgan fingerprint density at radius 1 is 0.684 bits per heavy atom. The van der Waals surface area contributed by atoms with Crippen molar-refractivity contribution in [2.24, 2.45) is 0 Å². The molecular weight excluding hydrogens is 500 g/mol. The minimum absolute atomic E-state index is 0.295. The van der Waals surface area contributed by atoms with E-state index in [1.165, 1.54) is 11.3 Å². The van der Waals surface area contributed by atoms with Gasteiger partial charge in [-0.3, -0.25) is 9.59 Å². The lowest BCUT2D eigenvalue weighted by Gasteiger charge is -2.14. The first-order valence-corrected chi connectivity index (χ1v) is 12.6. The van der Waals surface area contributed by atoms with Gasteiger partial charge in [-0.1, -0.05) is 59.9 Å². The van der Waals surface area contributed by atoms with Gasteiger partial charge >= 0.3 is 0 Å². The fourth-order valence-electron chi connectivity index (χ4n) is 4.71. The van der Waals surface area contributed by atoms with Gasteiger partial charge in [-0.25, -0.2) is 9.88 Å². The zero-order valence-corrected chi connectivity index (χ0v) is 21.7. The number of amides is 2. The molecule has 0 saturated heterocycles. The van der Waals surface area contributed by atoms with Gasteiger partial charge in [0.1, 0.15) is 0 Å². The molecule has 4 aromatic carbocycles. The van der Waals surface area contributed by atoms with Gasteiger partial charge in [0.05, 0.1) is 43.0 Å². The van der Waals surface area contributed by atoms with Gasteiger partial charge < -0.3 is 14.2 Å². The molecule has 2 heterocycles. The van der Waals surface area contributed by atoms with Crippen molar-refractivity contribution in [3.8, 4) is 38.9 Å². The van der Waals surface area contributed by atoms with Crippen LogP contribution in [0.5, 0.6) is 17.2 Å². The van der Waals surface area contributed by atoms with E-state index in [0.29, 0.717) is 44.8 Å². The number of hydrogen-bond acceptors (Lipinski definition) is 7. The lowest BCUT2D eigenvalue weighted by Crippen LogP contribution is -2.29. The number of thiazole rings is 1. The summed E-state index contributed by atoms with van der Waals surface area (Å²) in [6.07, 6.45) is 0. The number of carbonyl (C=O) groups is 2. The minimum Gasteiger partial charge on any atom is -0.493 e. The number of ether oxygens (including phenoxy) is 3. The van der Waals surface area contributed by atoms with Gasteiger partial charge in [0, 0.05) is 5.56 Å². The average Bonchev–Trinajstić information content (AvgIpc) is 3.50. The molecule has 1 aliphatic heterocycles. The van der Waals surface area contributed by atoms with Crippen LogP contribution in [0.4, 0.5) is 5.13 Å². The quantitative estimate of drug-likeness (QED) is 0.238. The number of fused-ring (bicyclic) bond motifs is 2. The number of methoxy groups -OCH3 is 3. The number of nitrogens with zero attached hydrogens (tertiary/aromatic N) is 2. The zero-order chi connectivity index (χ0) is 26.4. The highest BCUT2D eigenvalue weighted by Crippen LogP contribution is 2.47. The van der Waals surface area contributed by atoms with E-state index < -0.39 is 0 Å². The summed E-state index contributed by atoms with van der Waals surface area (Å²) in [5.41, 5.74) is 2.94. The number of benzene rings is 4. The van der Waals surface area contributed by atoms with Crippen molar-refractivity contribution in [1.82, 2.24) is 4.98 Å². The second-order valence-electron chi connectivity index (χ2n) is 8.64. The van der Waals surface area contributed by atoms with Gasteiger partial charge in [0.2, 0.25) is 10.9 Å². The Bertz CT molecular complexity index is 1680. The smallest absolute Gasteiger partial charge is 0.268 e. The van der Waals surface area contributed by atoms with Gasteiger partial charge in [-0.2, -0.15) is 0 Å². The van der Waals surface area contributed by atoms with Crippen LogP contribution in [-0.4, -0.2) is 38.1 Å². The van der Waals surface area contributed by atoms with Crippen molar-refractivity contribution >= 4 is 39.1 Å². The largest absolute Gasteiger partial charge is 0.493 e. The van der Waals surface area contributed by atoms with Crippen molar-refractivity contribution in [3.63, 3.8) is 0 Å².